The Morgan fingerprint density at radius 1 is 1.10 bits per heavy atom. The minimum atomic E-state index is -0.647. The fourth-order valence-corrected chi connectivity index (χ4v) is 3.86. The first-order chi connectivity index (χ1) is 14.9. The zero-order valence-electron chi connectivity index (χ0n) is 18.4. The van der Waals surface area contributed by atoms with Crippen LogP contribution >= 0.6 is 0 Å². The van der Waals surface area contributed by atoms with Crippen molar-refractivity contribution in [3.05, 3.63) is 65.4 Å². The summed E-state index contributed by atoms with van der Waals surface area (Å²) in [5.74, 6) is -0.126. The van der Waals surface area contributed by atoms with Crippen LogP contribution < -0.4 is 10.5 Å². The minimum Gasteiger partial charge on any atom is -0.479 e. The van der Waals surface area contributed by atoms with Gasteiger partial charge in [0.05, 0.1) is 18.5 Å². The van der Waals surface area contributed by atoms with Crippen molar-refractivity contribution in [3.63, 3.8) is 0 Å². The quantitative estimate of drug-likeness (QED) is 0.498. The van der Waals surface area contributed by atoms with Crippen LogP contribution in [0.25, 0.3) is 10.9 Å². The molecule has 1 amide bonds. The minimum absolute atomic E-state index is 0.172. The third kappa shape index (κ3) is 5.26. The number of amides is 1. The van der Waals surface area contributed by atoms with Gasteiger partial charge in [-0.15, -0.1) is 0 Å². The number of primary amides is 1. The van der Waals surface area contributed by atoms with Gasteiger partial charge in [-0.25, -0.2) is 4.79 Å². The summed E-state index contributed by atoms with van der Waals surface area (Å²) < 4.78 is 13.4. The van der Waals surface area contributed by atoms with Crippen LogP contribution in [-0.4, -0.2) is 29.2 Å². The summed E-state index contributed by atoms with van der Waals surface area (Å²) in [6, 6.07) is 15.8. The van der Waals surface area contributed by atoms with Gasteiger partial charge < -0.3 is 19.8 Å². The molecular weight excluding hydrogens is 392 g/mol. The van der Waals surface area contributed by atoms with Crippen LogP contribution in [0.15, 0.2) is 48.5 Å². The van der Waals surface area contributed by atoms with E-state index in [-0.39, 0.29) is 18.3 Å². The van der Waals surface area contributed by atoms with Gasteiger partial charge in [0.1, 0.15) is 5.75 Å². The Morgan fingerprint density at radius 2 is 1.84 bits per heavy atom. The molecule has 0 saturated carbocycles. The van der Waals surface area contributed by atoms with Crippen molar-refractivity contribution in [2.24, 2.45) is 5.73 Å². The van der Waals surface area contributed by atoms with E-state index in [1.165, 1.54) is 0 Å². The molecule has 0 radical (unpaired) electrons. The molecule has 6 nitrogen and oxygen atoms in total. The van der Waals surface area contributed by atoms with Crippen molar-refractivity contribution in [2.45, 2.75) is 52.7 Å². The Balaban J connectivity index is 2.03. The maximum absolute atomic E-state index is 12.3. The van der Waals surface area contributed by atoms with E-state index in [0.29, 0.717) is 25.3 Å². The predicted molar refractivity (Wildman–Crippen MR) is 121 cm³/mol. The first-order valence-corrected chi connectivity index (χ1v) is 10.7. The molecule has 1 heterocycles. The van der Waals surface area contributed by atoms with E-state index in [2.05, 4.69) is 16.7 Å². The van der Waals surface area contributed by atoms with Gasteiger partial charge in [0.15, 0.2) is 6.10 Å². The van der Waals surface area contributed by atoms with E-state index in [0.717, 1.165) is 34.1 Å². The molecule has 31 heavy (non-hydrogen) atoms. The smallest absolute Gasteiger partial charge is 0.347 e. The predicted octanol–water partition coefficient (Wildman–Crippen LogP) is 4.14. The van der Waals surface area contributed by atoms with Gasteiger partial charge in [-0.1, -0.05) is 43.7 Å². The second kappa shape index (κ2) is 10.2. The van der Waals surface area contributed by atoms with Gasteiger partial charge >= 0.3 is 5.97 Å². The fraction of sp³-hybridized carbons (Fsp3) is 0.360. The summed E-state index contributed by atoms with van der Waals surface area (Å²) in [5, 5.41) is 0.961. The molecule has 2 aromatic carbocycles. The van der Waals surface area contributed by atoms with Gasteiger partial charge in [-0.05, 0) is 43.5 Å². The molecule has 1 atom stereocenters. The number of ether oxygens (including phenoxy) is 2. The SMILES string of the molecule is CCCC(Oc1ccc2c(CC(N)=O)c(C)n(Cc3ccccc3)c2c1)C(=O)OCC. The number of nitrogens with zero attached hydrogens (tertiary/aromatic N) is 1. The van der Waals surface area contributed by atoms with Crippen molar-refractivity contribution < 1.29 is 19.1 Å². The van der Waals surface area contributed by atoms with E-state index in [1.54, 1.807) is 6.92 Å². The molecule has 1 aromatic heterocycles. The molecule has 0 aliphatic heterocycles. The first kappa shape index (κ1) is 22.4. The molecule has 0 fully saturated rings. The van der Waals surface area contributed by atoms with Crippen LogP contribution in [0.2, 0.25) is 0 Å². The molecule has 3 aromatic rings. The Labute approximate surface area is 182 Å². The van der Waals surface area contributed by atoms with Crippen LogP contribution in [0, 0.1) is 6.92 Å². The lowest BCUT2D eigenvalue weighted by Gasteiger charge is -2.17. The Hall–Kier alpha value is -3.28. The number of aromatic nitrogens is 1. The van der Waals surface area contributed by atoms with Crippen LogP contribution in [0.3, 0.4) is 0 Å². The van der Waals surface area contributed by atoms with Gasteiger partial charge in [-0.2, -0.15) is 0 Å². The van der Waals surface area contributed by atoms with Crippen molar-refractivity contribution in [3.8, 4) is 5.75 Å². The third-order valence-electron chi connectivity index (χ3n) is 5.34. The normalized spacial score (nSPS) is 12.0. The van der Waals surface area contributed by atoms with E-state index >= 15 is 0 Å². The van der Waals surface area contributed by atoms with Gasteiger partial charge in [-0.3, -0.25) is 4.79 Å². The summed E-state index contributed by atoms with van der Waals surface area (Å²) in [6.07, 6.45) is 0.906. The third-order valence-corrected chi connectivity index (χ3v) is 5.34. The van der Waals surface area contributed by atoms with E-state index in [4.69, 9.17) is 15.2 Å². The molecule has 0 saturated heterocycles. The lowest BCUT2D eigenvalue weighted by molar-refractivity contribution is -0.151. The summed E-state index contributed by atoms with van der Waals surface area (Å²) in [5.41, 5.74) is 9.51. The van der Waals surface area contributed by atoms with Crippen molar-refractivity contribution >= 4 is 22.8 Å². The fourth-order valence-electron chi connectivity index (χ4n) is 3.86. The average Bonchev–Trinajstić information content (AvgIpc) is 2.99. The molecule has 0 spiro atoms. The van der Waals surface area contributed by atoms with Crippen LogP contribution in [-0.2, 0) is 27.3 Å². The monoisotopic (exact) mass is 422 g/mol. The highest BCUT2D eigenvalue weighted by Gasteiger charge is 2.22. The summed E-state index contributed by atoms with van der Waals surface area (Å²) in [7, 11) is 0. The van der Waals surface area contributed by atoms with Crippen LogP contribution in [0.5, 0.6) is 5.75 Å². The molecular formula is C25H30N2O4. The highest BCUT2D eigenvalue weighted by atomic mass is 16.6. The van der Waals surface area contributed by atoms with Gasteiger partial charge in [0, 0.05) is 23.7 Å². The van der Waals surface area contributed by atoms with E-state index in [9.17, 15) is 9.59 Å². The number of nitrogens with two attached hydrogens (primary N) is 1. The van der Waals surface area contributed by atoms with Crippen LogP contribution in [0.4, 0.5) is 0 Å². The summed E-state index contributed by atoms with van der Waals surface area (Å²) in [4.78, 5) is 24.0. The molecule has 1 unspecified atom stereocenters. The number of esters is 1. The number of fused-ring (bicyclic) bond motifs is 1. The lowest BCUT2D eigenvalue weighted by atomic mass is 10.1. The topological polar surface area (TPSA) is 83.5 Å². The maximum atomic E-state index is 12.3. The largest absolute Gasteiger partial charge is 0.479 e. The number of benzene rings is 2. The Morgan fingerprint density at radius 3 is 2.48 bits per heavy atom. The second-order valence-electron chi connectivity index (χ2n) is 7.60. The zero-order valence-corrected chi connectivity index (χ0v) is 18.4. The van der Waals surface area contributed by atoms with Crippen molar-refractivity contribution in [2.75, 3.05) is 6.61 Å². The number of carbonyl (C=O) groups excluding carboxylic acids is 2. The zero-order chi connectivity index (χ0) is 22.4. The van der Waals surface area contributed by atoms with Crippen LogP contribution in [0.1, 0.15) is 43.5 Å². The summed E-state index contributed by atoms with van der Waals surface area (Å²) in [6.45, 7) is 6.76. The van der Waals surface area contributed by atoms with Crippen molar-refractivity contribution in [1.82, 2.24) is 4.57 Å². The first-order valence-electron chi connectivity index (χ1n) is 10.7. The number of rotatable bonds is 10. The van der Waals surface area contributed by atoms with E-state index < -0.39 is 6.10 Å². The molecule has 3 rings (SSSR count). The molecule has 6 heteroatoms. The Bertz CT molecular complexity index is 1060. The number of carbonyl (C=O) groups is 2. The lowest BCUT2D eigenvalue weighted by Crippen LogP contribution is -2.29. The second-order valence-corrected chi connectivity index (χ2v) is 7.60. The molecule has 2 N–H and O–H groups in total. The molecule has 0 aliphatic rings. The average molecular weight is 423 g/mol. The van der Waals surface area contributed by atoms with Gasteiger partial charge in [0.2, 0.25) is 5.91 Å². The van der Waals surface area contributed by atoms with E-state index in [1.807, 2.05) is 50.2 Å². The standard InChI is InChI=1S/C25H30N2O4/c1-4-9-23(25(29)30-5-2)31-19-12-13-20-21(15-24(26)28)17(3)27(22(20)14-19)16-18-10-7-6-8-11-18/h6-8,10-14,23H,4-5,9,15-16H2,1-3H3,(H2,26,28). The number of hydrogen-bond donors (Lipinski definition) is 1. The highest BCUT2D eigenvalue weighted by Crippen LogP contribution is 2.31. The maximum Gasteiger partial charge on any atom is 0.347 e. The number of hydrogen-bond acceptors (Lipinski definition) is 4. The Kier molecular flexibility index (Phi) is 7.34. The molecule has 164 valence electrons. The summed E-state index contributed by atoms with van der Waals surface area (Å²) >= 11 is 0. The molecule has 0 aliphatic carbocycles. The highest BCUT2D eigenvalue weighted by molar-refractivity contribution is 5.91. The van der Waals surface area contributed by atoms with Gasteiger partial charge in [0.25, 0.3) is 0 Å². The molecule has 0 bridgehead atoms. The van der Waals surface area contributed by atoms with Crippen molar-refractivity contribution in [1.29, 1.82) is 0 Å².